The number of nitrogens with zero attached hydrogens (tertiary/aromatic N) is 1. The lowest BCUT2D eigenvalue weighted by Gasteiger charge is -2.26. The number of aliphatic hydroxyl groups is 1. The van der Waals surface area contributed by atoms with Gasteiger partial charge < -0.3 is 9.67 Å². The van der Waals surface area contributed by atoms with Crippen molar-refractivity contribution in [1.82, 2.24) is 4.57 Å². The molecular weight excluding hydrogens is 298 g/mol. The molecule has 0 unspecified atom stereocenters. The van der Waals surface area contributed by atoms with Crippen molar-refractivity contribution in [2.24, 2.45) is 0 Å². The maximum atomic E-state index is 12.2. The molecule has 24 heavy (non-hydrogen) atoms. The van der Waals surface area contributed by atoms with Crippen LogP contribution in [-0.2, 0) is 18.6 Å². The third kappa shape index (κ3) is 3.62. The van der Waals surface area contributed by atoms with Gasteiger partial charge in [-0.15, -0.1) is 0 Å². The third-order valence-electron chi connectivity index (χ3n) is 4.40. The van der Waals surface area contributed by atoms with E-state index in [0.29, 0.717) is 0 Å². The van der Waals surface area contributed by atoms with Crippen LogP contribution < -0.4 is 5.56 Å². The first-order valence-corrected chi connectivity index (χ1v) is 8.65. The summed E-state index contributed by atoms with van der Waals surface area (Å²) in [7, 11) is 0. The minimum absolute atomic E-state index is 0.0163. The van der Waals surface area contributed by atoms with E-state index in [9.17, 15) is 9.90 Å². The Balaban J connectivity index is 2.66. The molecule has 0 aliphatic heterocycles. The second kappa shape index (κ2) is 6.94. The van der Waals surface area contributed by atoms with Crippen molar-refractivity contribution in [1.29, 1.82) is 0 Å². The number of pyridine rings is 1. The molecule has 3 nitrogen and oxygen atoms in total. The quantitative estimate of drug-likeness (QED) is 0.908. The molecule has 2 rings (SSSR count). The van der Waals surface area contributed by atoms with Gasteiger partial charge in [0.05, 0.1) is 6.61 Å². The van der Waals surface area contributed by atoms with Gasteiger partial charge in [0.25, 0.3) is 5.56 Å². The summed E-state index contributed by atoms with van der Waals surface area (Å²) in [4.78, 5) is 12.2. The Labute approximate surface area is 145 Å². The van der Waals surface area contributed by atoms with Gasteiger partial charge in [-0.2, -0.15) is 0 Å². The summed E-state index contributed by atoms with van der Waals surface area (Å²) >= 11 is 0. The minimum atomic E-state index is -0.0163. The van der Waals surface area contributed by atoms with Crippen molar-refractivity contribution in [3.05, 3.63) is 57.0 Å². The van der Waals surface area contributed by atoms with Crippen LogP contribution in [0.25, 0.3) is 11.1 Å². The average Bonchev–Trinajstić information content (AvgIpc) is 2.49. The van der Waals surface area contributed by atoms with Crippen LogP contribution in [0, 0.1) is 13.8 Å². The van der Waals surface area contributed by atoms with Gasteiger partial charge in [0, 0.05) is 18.3 Å². The first kappa shape index (κ1) is 18.5. The highest BCUT2D eigenvalue weighted by Crippen LogP contribution is 2.33. The maximum Gasteiger partial charge on any atom is 0.253 e. The SMILES string of the molecule is CCCn1cc(-c2cc(C)c(C(C)(C)C)c(CO)c2)cc(C)c1=O. The Morgan fingerprint density at radius 1 is 1.04 bits per heavy atom. The second-order valence-corrected chi connectivity index (χ2v) is 7.65. The van der Waals surface area contributed by atoms with E-state index in [4.69, 9.17) is 0 Å². The lowest BCUT2D eigenvalue weighted by Crippen LogP contribution is -2.21. The van der Waals surface area contributed by atoms with E-state index in [1.807, 2.05) is 19.2 Å². The Hall–Kier alpha value is -1.87. The summed E-state index contributed by atoms with van der Waals surface area (Å²) in [5.74, 6) is 0. The van der Waals surface area contributed by atoms with E-state index in [2.05, 4.69) is 46.8 Å². The molecule has 0 aliphatic carbocycles. The molecule has 1 heterocycles. The van der Waals surface area contributed by atoms with Gasteiger partial charge in [-0.1, -0.05) is 33.8 Å². The molecule has 3 heteroatoms. The first-order valence-electron chi connectivity index (χ1n) is 8.65. The summed E-state index contributed by atoms with van der Waals surface area (Å²) in [5, 5.41) is 9.86. The van der Waals surface area contributed by atoms with Crippen LogP contribution in [0.2, 0.25) is 0 Å². The molecule has 0 spiro atoms. The van der Waals surface area contributed by atoms with Gasteiger partial charge in [-0.05, 0) is 65.6 Å². The van der Waals surface area contributed by atoms with E-state index >= 15 is 0 Å². The van der Waals surface area contributed by atoms with Gasteiger partial charge >= 0.3 is 0 Å². The average molecular weight is 327 g/mol. The first-order chi connectivity index (χ1) is 11.2. The lowest BCUT2D eigenvalue weighted by molar-refractivity contribution is 0.278. The summed E-state index contributed by atoms with van der Waals surface area (Å²) < 4.78 is 1.79. The van der Waals surface area contributed by atoms with Crippen molar-refractivity contribution >= 4 is 0 Å². The third-order valence-corrected chi connectivity index (χ3v) is 4.40. The van der Waals surface area contributed by atoms with Crippen LogP contribution in [0.1, 0.15) is 56.4 Å². The molecule has 130 valence electrons. The monoisotopic (exact) mass is 327 g/mol. The zero-order chi connectivity index (χ0) is 18.1. The maximum absolute atomic E-state index is 12.2. The van der Waals surface area contributed by atoms with Gasteiger partial charge in [-0.25, -0.2) is 0 Å². The standard InChI is InChI=1S/C21H29NO2/c1-7-8-22-12-17(10-15(3)20(22)24)16-9-14(2)19(21(4,5)6)18(11-16)13-23/h9-12,23H,7-8,13H2,1-6H3. The molecule has 0 fully saturated rings. The molecule has 0 atom stereocenters. The number of aryl methyl sites for hydroxylation is 3. The fourth-order valence-corrected chi connectivity index (χ4v) is 3.57. The Kier molecular flexibility index (Phi) is 5.34. The van der Waals surface area contributed by atoms with Crippen molar-refractivity contribution in [3.63, 3.8) is 0 Å². The van der Waals surface area contributed by atoms with E-state index in [-0.39, 0.29) is 17.6 Å². The molecule has 2 aromatic rings. The number of aromatic nitrogens is 1. The van der Waals surface area contributed by atoms with Gasteiger partial charge in [0.15, 0.2) is 0 Å². The molecule has 1 N–H and O–H groups in total. The Morgan fingerprint density at radius 3 is 2.21 bits per heavy atom. The van der Waals surface area contributed by atoms with E-state index in [0.717, 1.165) is 35.2 Å². The summed E-state index contributed by atoms with van der Waals surface area (Å²) in [6.45, 7) is 13.3. The predicted octanol–water partition coefficient (Wildman–Crippen LogP) is 4.33. The number of benzene rings is 1. The summed E-state index contributed by atoms with van der Waals surface area (Å²) in [5.41, 5.74) is 6.23. The zero-order valence-corrected chi connectivity index (χ0v) is 15.7. The van der Waals surface area contributed by atoms with Gasteiger partial charge in [0.2, 0.25) is 0 Å². The fourth-order valence-electron chi connectivity index (χ4n) is 3.57. The van der Waals surface area contributed by atoms with Crippen LogP contribution in [0.15, 0.2) is 29.2 Å². The Bertz CT molecular complexity index is 795. The highest BCUT2D eigenvalue weighted by Gasteiger charge is 2.21. The highest BCUT2D eigenvalue weighted by atomic mass is 16.3. The molecule has 1 aromatic carbocycles. The fraction of sp³-hybridized carbons (Fsp3) is 0.476. The molecule has 0 amide bonds. The molecule has 0 bridgehead atoms. The van der Waals surface area contributed by atoms with Crippen LogP contribution >= 0.6 is 0 Å². The van der Waals surface area contributed by atoms with E-state index in [1.54, 1.807) is 4.57 Å². The van der Waals surface area contributed by atoms with Gasteiger partial charge in [-0.3, -0.25) is 4.79 Å². The number of hydrogen-bond acceptors (Lipinski definition) is 2. The van der Waals surface area contributed by atoms with Crippen molar-refractivity contribution in [2.75, 3.05) is 0 Å². The molecule has 1 aromatic heterocycles. The Morgan fingerprint density at radius 2 is 1.67 bits per heavy atom. The van der Waals surface area contributed by atoms with Crippen LogP contribution in [0.4, 0.5) is 0 Å². The van der Waals surface area contributed by atoms with Crippen LogP contribution in [-0.4, -0.2) is 9.67 Å². The normalized spacial score (nSPS) is 11.8. The number of rotatable bonds is 4. The lowest BCUT2D eigenvalue weighted by atomic mass is 9.80. The van der Waals surface area contributed by atoms with Crippen molar-refractivity contribution < 1.29 is 5.11 Å². The largest absolute Gasteiger partial charge is 0.392 e. The highest BCUT2D eigenvalue weighted by molar-refractivity contribution is 5.66. The number of hydrogen-bond donors (Lipinski definition) is 1. The summed E-state index contributed by atoms with van der Waals surface area (Å²) in [6, 6.07) is 6.17. The van der Waals surface area contributed by atoms with Crippen LogP contribution in [0.5, 0.6) is 0 Å². The number of aliphatic hydroxyl groups excluding tert-OH is 1. The molecule has 0 saturated carbocycles. The minimum Gasteiger partial charge on any atom is -0.392 e. The summed E-state index contributed by atoms with van der Waals surface area (Å²) in [6.07, 6.45) is 2.86. The molecule has 0 saturated heterocycles. The van der Waals surface area contributed by atoms with Crippen molar-refractivity contribution in [3.8, 4) is 11.1 Å². The smallest absolute Gasteiger partial charge is 0.253 e. The zero-order valence-electron chi connectivity index (χ0n) is 15.7. The topological polar surface area (TPSA) is 42.2 Å². The molecule has 0 aliphatic rings. The molecular formula is C21H29NO2. The van der Waals surface area contributed by atoms with Crippen molar-refractivity contribution in [2.45, 2.75) is 66.5 Å². The second-order valence-electron chi connectivity index (χ2n) is 7.65. The molecule has 0 radical (unpaired) electrons. The van der Waals surface area contributed by atoms with E-state index < -0.39 is 0 Å². The van der Waals surface area contributed by atoms with Gasteiger partial charge in [0.1, 0.15) is 0 Å². The van der Waals surface area contributed by atoms with Crippen LogP contribution in [0.3, 0.4) is 0 Å². The predicted molar refractivity (Wildman–Crippen MR) is 101 cm³/mol. The van der Waals surface area contributed by atoms with E-state index in [1.165, 1.54) is 11.1 Å².